The summed E-state index contributed by atoms with van der Waals surface area (Å²) in [5.74, 6) is 2.96. The van der Waals surface area contributed by atoms with Gasteiger partial charge < -0.3 is 14.8 Å². The lowest BCUT2D eigenvalue weighted by Gasteiger charge is -2.09. The molecule has 0 saturated carbocycles. The fourth-order valence-corrected chi connectivity index (χ4v) is 2.65. The fourth-order valence-electron chi connectivity index (χ4n) is 1.12. The van der Waals surface area contributed by atoms with Crippen molar-refractivity contribution >= 4 is 19.3 Å². The highest BCUT2D eigenvalue weighted by molar-refractivity contribution is 7.57. The molecule has 0 amide bonds. The largest absolute Gasteiger partial charge is 0.481 e. The lowest BCUT2D eigenvalue weighted by atomic mass is 10.3. The molecule has 1 unspecified atom stereocenters. The van der Waals surface area contributed by atoms with Crippen molar-refractivity contribution < 1.29 is 29.0 Å². The summed E-state index contributed by atoms with van der Waals surface area (Å²) in [6, 6.07) is 0. The van der Waals surface area contributed by atoms with Gasteiger partial charge in [0.25, 0.3) is 0 Å². The molecular formula is C8H16NO6P. The molecule has 0 fully saturated rings. The molecule has 0 radical (unpaired) electrons. The minimum atomic E-state index is -3.33. The van der Waals surface area contributed by atoms with Gasteiger partial charge >= 0.3 is 11.9 Å². The third-order valence-corrected chi connectivity index (χ3v) is 3.95. The standard InChI is InChI=1S/C8H16NO6P/c9-15-8(12)4-2-6-16(13,14)5-1-3-7(10)11/h1-6,9H2,(H,10,11)(H,13,14). The maximum atomic E-state index is 11.4. The van der Waals surface area contributed by atoms with E-state index in [1.807, 2.05) is 0 Å². The van der Waals surface area contributed by atoms with Crippen LogP contribution in [0.15, 0.2) is 0 Å². The quantitative estimate of drug-likeness (QED) is 0.419. The molecule has 8 heteroatoms. The Morgan fingerprint density at radius 2 is 1.69 bits per heavy atom. The highest BCUT2D eigenvalue weighted by atomic mass is 31.2. The van der Waals surface area contributed by atoms with E-state index in [4.69, 9.17) is 5.11 Å². The van der Waals surface area contributed by atoms with Gasteiger partial charge in [-0.25, -0.2) is 0 Å². The van der Waals surface area contributed by atoms with E-state index >= 15 is 0 Å². The molecule has 0 heterocycles. The van der Waals surface area contributed by atoms with E-state index < -0.39 is 19.3 Å². The maximum absolute atomic E-state index is 11.4. The molecule has 0 aromatic carbocycles. The fraction of sp³-hybridized carbons (Fsp3) is 0.750. The molecule has 0 bridgehead atoms. The van der Waals surface area contributed by atoms with Gasteiger partial charge in [0.05, 0.1) is 0 Å². The lowest BCUT2D eigenvalue weighted by Crippen LogP contribution is -2.10. The summed E-state index contributed by atoms with van der Waals surface area (Å²) in [4.78, 5) is 34.1. The molecular weight excluding hydrogens is 237 g/mol. The van der Waals surface area contributed by atoms with Crippen molar-refractivity contribution in [2.45, 2.75) is 25.7 Å². The third-order valence-electron chi connectivity index (χ3n) is 1.92. The van der Waals surface area contributed by atoms with E-state index in [0.717, 1.165) is 0 Å². The van der Waals surface area contributed by atoms with Gasteiger partial charge in [-0.2, -0.15) is 5.90 Å². The average Bonchev–Trinajstić information content (AvgIpc) is 2.16. The first-order chi connectivity index (χ1) is 7.37. The van der Waals surface area contributed by atoms with E-state index in [1.165, 1.54) is 0 Å². The molecule has 7 nitrogen and oxygen atoms in total. The highest BCUT2D eigenvalue weighted by Crippen LogP contribution is 2.42. The minimum Gasteiger partial charge on any atom is -0.481 e. The normalized spacial score (nSPS) is 14.1. The summed E-state index contributed by atoms with van der Waals surface area (Å²) in [7, 11) is -3.33. The Balaban J connectivity index is 3.74. The summed E-state index contributed by atoms with van der Waals surface area (Å²) >= 11 is 0. The minimum absolute atomic E-state index is 0.0139. The summed E-state index contributed by atoms with van der Waals surface area (Å²) in [6.45, 7) is 0. The van der Waals surface area contributed by atoms with Gasteiger partial charge in [0.15, 0.2) is 0 Å². The van der Waals surface area contributed by atoms with Gasteiger partial charge in [-0.1, -0.05) is 0 Å². The number of rotatable bonds is 8. The van der Waals surface area contributed by atoms with Crippen molar-refractivity contribution in [2.75, 3.05) is 12.3 Å². The topological polar surface area (TPSA) is 127 Å². The van der Waals surface area contributed by atoms with Crippen LogP contribution in [0.1, 0.15) is 25.7 Å². The smallest absolute Gasteiger partial charge is 0.324 e. The van der Waals surface area contributed by atoms with Crippen molar-refractivity contribution in [3.63, 3.8) is 0 Å². The Kier molecular flexibility index (Phi) is 6.96. The second-order valence-electron chi connectivity index (χ2n) is 3.38. The third kappa shape index (κ3) is 8.40. The van der Waals surface area contributed by atoms with Gasteiger partial charge in [-0.3, -0.25) is 14.2 Å². The molecule has 0 spiro atoms. The molecule has 0 saturated heterocycles. The maximum Gasteiger partial charge on any atom is 0.324 e. The summed E-state index contributed by atoms with van der Waals surface area (Å²) < 4.78 is 11.4. The van der Waals surface area contributed by atoms with Gasteiger partial charge in [0.2, 0.25) is 7.37 Å². The molecule has 1 atom stereocenters. The molecule has 94 valence electrons. The first-order valence-electron chi connectivity index (χ1n) is 4.79. The summed E-state index contributed by atoms with van der Waals surface area (Å²) in [5.41, 5.74) is 0. The van der Waals surface area contributed by atoms with E-state index in [1.54, 1.807) is 0 Å². The predicted octanol–water partition coefficient (Wildman–Crippen LogP) is 0.319. The zero-order valence-corrected chi connectivity index (χ0v) is 9.69. The number of nitrogens with two attached hydrogens (primary N) is 1. The number of carbonyl (C=O) groups is 2. The van der Waals surface area contributed by atoms with Gasteiger partial charge in [0, 0.05) is 25.2 Å². The van der Waals surface area contributed by atoms with Crippen LogP contribution in [0.4, 0.5) is 0 Å². The van der Waals surface area contributed by atoms with E-state index in [9.17, 15) is 19.0 Å². The number of carboxylic acid groups (broad SMARTS) is 1. The van der Waals surface area contributed by atoms with Crippen LogP contribution in [0.2, 0.25) is 0 Å². The Morgan fingerprint density at radius 3 is 2.12 bits per heavy atom. The monoisotopic (exact) mass is 253 g/mol. The number of carboxylic acids is 1. The van der Waals surface area contributed by atoms with Gasteiger partial charge in [-0.15, -0.1) is 0 Å². The lowest BCUT2D eigenvalue weighted by molar-refractivity contribution is -0.144. The van der Waals surface area contributed by atoms with E-state index in [-0.39, 0.29) is 38.0 Å². The predicted molar refractivity (Wildman–Crippen MR) is 55.9 cm³/mol. The molecule has 0 aromatic heterocycles. The number of hydrogen-bond acceptors (Lipinski definition) is 5. The highest BCUT2D eigenvalue weighted by Gasteiger charge is 2.18. The van der Waals surface area contributed by atoms with Crippen LogP contribution in [0.5, 0.6) is 0 Å². The Labute approximate surface area is 93.0 Å². The Bertz CT molecular complexity index is 292. The second kappa shape index (κ2) is 7.38. The van der Waals surface area contributed by atoms with Crippen molar-refractivity contribution in [2.24, 2.45) is 5.90 Å². The first kappa shape index (κ1) is 15.1. The molecule has 0 rings (SSSR count). The van der Waals surface area contributed by atoms with Crippen LogP contribution in [-0.4, -0.2) is 34.3 Å². The Hall–Kier alpha value is -0.910. The van der Waals surface area contributed by atoms with Crippen LogP contribution in [0.25, 0.3) is 0 Å². The van der Waals surface area contributed by atoms with Gasteiger partial charge in [0.1, 0.15) is 0 Å². The summed E-state index contributed by atoms with van der Waals surface area (Å²) in [5, 5.41) is 8.34. The van der Waals surface area contributed by atoms with Crippen LogP contribution < -0.4 is 5.90 Å². The number of hydrogen-bond donors (Lipinski definition) is 3. The van der Waals surface area contributed by atoms with Crippen molar-refractivity contribution in [1.82, 2.24) is 0 Å². The number of aliphatic carboxylic acids is 1. The zero-order valence-electron chi connectivity index (χ0n) is 8.79. The van der Waals surface area contributed by atoms with E-state index in [0.29, 0.717) is 0 Å². The zero-order chi connectivity index (χ0) is 12.6. The van der Waals surface area contributed by atoms with Crippen LogP contribution >= 0.6 is 7.37 Å². The van der Waals surface area contributed by atoms with E-state index in [2.05, 4.69) is 10.7 Å². The average molecular weight is 253 g/mol. The van der Waals surface area contributed by atoms with Crippen LogP contribution in [0, 0.1) is 0 Å². The van der Waals surface area contributed by atoms with Crippen molar-refractivity contribution in [3.05, 3.63) is 0 Å². The number of carbonyl (C=O) groups excluding carboxylic acids is 1. The molecule has 0 aliphatic rings. The summed E-state index contributed by atoms with van der Waals surface area (Å²) in [6.07, 6.45) is 0.148. The molecule has 4 N–H and O–H groups in total. The van der Waals surface area contributed by atoms with Gasteiger partial charge in [-0.05, 0) is 12.8 Å². The Morgan fingerprint density at radius 1 is 1.19 bits per heavy atom. The van der Waals surface area contributed by atoms with Crippen molar-refractivity contribution in [1.29, 1.82) is 0 Å². The second-order valence-corrected chi connectivity index (χ2v) is 5.97. The molecule has 0 aliphatic heterocycles. The molecule has 16 heavy (non-hydrogen) atoms. The first-order valence-corrected chi connectivity index (χ1v) is 6.82. The van der Waals surface area contributed by atoms with Crippen LogP contribution in [0.3, 0.4) is 0 Å². The van der Waals surface area contributed by atoms with Crippen LogP contribution in [-0.2, 0) is 19.0 Å². The SMILES string of the molecule is NOC(=O)CCCP(=O)(O)CCCC(=O)O. The van der Waals surface area contributed by atoms with Crippen molar-refractivity contribution in [3.8, 4) is 0 Å². The molecule has 0 aromatic rings. The molecule has 0 aliphatic carbocycles.